The summed E-state index contributed by atoms with van der Waals surface area (Å²) in [4.78, 5) is 7.21. The van der Waals surface area contributed by atoms with Gasteiger partial charge in [-0.15, -0.1) is 0 Å². The van der Waals surface area contributed by atoms with Crippen molar-refractivity contribution in [3.63, 3.8) is 0 Å². The highest BCUT2D eigenvalue weighted by molar-refractivity contribution is 6.18. The molecule has 0 aliphatic rings. The van der Waals surface area contributed by atoms with Gasteiger partial charge in [-0.3, -0.25) is 0 Å². The zero-order valence-corrected chi connectivity index (χ0v) is 54.7. The standard InChI is InChI=1S/C96H64N4/c1-4-25-74(26-5-1)97(94-62-71-22-10-13-31-81(71)84-34-16-19-37-87(84)94)77-50-40-65(41-51-77)66-42-56-80(57-43-66)100-92-58-48-69(67-44-52-78(53-45-67)98(75-27-6-2-7-28-75)95-63-72-23-11-14-32-82(72)85-35-17-20-38-88(85)95)60-90(92)91-61-70(49-59-93(91)100)68-46-54-79(55-47-68)99(76-29-8-3-9-30-76)96-64-73-24-12-15-33-83(73)86-36-18-21-39-89(86)96/h1-64H. The van der Waals surface area contributed by atoms with Crippen LogP contribution in [0.4, 0.5) is 51.2 Å². The van der Waals surface area contributed by atoms with E-state index in [1.807, 2.05) is 0 Å². The topological polar surface area (TPSA) is 14.7 Å². The summed E-state index contributed by atoms with van der Waals surface area (Å²) < 4.78 is 2.44. The average molecular weight is 1270 g/mol. The molecule has 1 aromatic heterocycles. The first-order chi connectivity index (χ1) is 49.6. The number of benzene rings is 18. The molecule has 0 aliphatic carbocycles. The fourth-order valence-corrected chi connectivity index (χ4v) is 15.5. The van der Waals surface area contributed by atoms with Gasteiger partial charge in [-0.05, 0) is 209 Å². The van der Waals surface area contributed by atoms with E-state index in [4.69, 9.17) is 0 Å². The second-order valence-corrected chi connectivity index (χ2v) is 26.0. The van der Waals surface area contributed by atoms with Crippen molar-refractivity contribution in [2.24, 2.45) is 0 Å². The summed E-state index contributed by atoms with van der Waals surface area (Å²) >= 11 is 0. The number of rotatable bonds is 13. The van der Waals surface area contributed by atoms with Crippen molar-refractivity contribution in [3.05, 3.63) is 388 Å². The molecule has 0 bridgehead atoms. The minimum Gasteiger partial charge on any atom is -0.310 e. The van der Waals surface area contributed by atoms with Crippen LogP contribution in [0.2, 0.25) is 0 Å². The van der Waals surface area contributed by atoms with Gasteiger partial charge in [-0.1, -0.05) is 261 Å². The lowest BCUT2D eigenvalue weighted by atomic mass is 9.98. The Morgan fingerprint density at radius 1 is 0.160 bits per heavy atom. The molecule has 100 heavy (non-hydrogen) atoms. The highest BCUT2D eigenvalue weighted by Gasteiger charge is 2.23. The van der Waals surface area contributed by atoms with Crippen LogP contribution in [-0.2, 0) is 0 Å². The Labute approximate surface area is 580 Å². The highest BCUT2D eigenvalue weighted by atomic mass is 15.2. The third-order valence-electron chi connectivity index (χ3n) is 20.3. The van der Waals surface area contributed by atoms with Gasteiger partial charge in [0.05, 0.1) is 28.1 Å². The Bertz CT molecular complexity index is 6040. The minimum absolute atomic E-state index is 1.09. The van der Waals surface area contributed by atoms with Crippen molar-refractivity contribution in [1.82, 2.24) is 4.57 Å². The van der Waals surface area contributed by atoms with Crippen LogP contribution in [-0.4, -0.2) is 4.57 Å². The second-order valence-electron chi connectivity index (χ2n) is 26.0. The number of aromatic nitrogens is 1. The van der Waals surface area contributed by atoms with Crippen molar-refractivity contribution in [3.8, 4) is 39.1 Å². The second kappa shape index (κ2) is 24.4. The van der Waals surface area contributed by atoms with E-state index >= 15 is 0 Å². The Hall–Kier alpha value is -13.3. The lowest BCUT2D eigenvalue weighted by Crippen LogP contribution is -2.10. The molecule has 0 aliphatic heterocycles. The first-order valence-electron chi connectivity index (χ1n) is 34.4. The van der Waals surface area contributed by atoms with Crippen LogP contribution in [0.5, 0.6) is 0 Å². The first-order valence-corrected chi connectivity index (χ1v) is 34.4. The predicted octanol–water partition coefficient (Wildman–Crippen LogP) is 27.1. The molecule has 0 saturated carbocycles. The van der Waals surface area contributed by atoms with Gasteiger partial charge in [-0.2, -0.15) is 0 Å². The van der Waals surface area contributed by atoms with Gasteiger partial charge < -0.3 is 19.3 Å². The quantitative estimate of drug-likeness (QED) is 0.107. The largest absolute Gasteiger partial charge is 0.310 e. The highest BCUT2D eigenvalue weighted by Crippen LogP contribution is 2.48. The van der Waals surface area contributed by atoms with E-state index in [1.165, 1.54) is 75.4 Å². The fourth-order valence-electron chi connectivity index (χ4n) is 15.5. The minimum atomic E-state index is 1.09. The number of para-hydroxylation sites is 3. The summed E-state index contributed by atoms with van der Waals surface area (Å²) in [6.07, 6.45) is 0. The molecule has 0 amide bonds. The third kappa shape index (κ3) is 10.1. The van der Waals surface area contributed by atoms with Crippen LogP contribution in [0.25, 0.3) is 126 Å². The van der Waals surface area contributed by atoms with E-state index in [2.05, 4.69) is 408 Å². The molecule has 1 heterocycles. The van der Waals surface area contributed by atoms with E-state index in [0.29, 0.717) is 0 Å². The molecule has 4 nitrogen and oxygen atoms in total. The maximum absolute atomic E-state index is 2.44. The van der Waals surface area contributed by atoms with Gasteiger partial charge >= 0.3 is 0 Å². The Morgan fingerprint density at radius 2 is 0.400 bits per heavy atom. The summed E-state index contributed by atoms with van der Waals surface area (Å²) in [7, 11) is 0. The molecule has 18 aromatic carbocycles. The normalized spacial score (nSPS) is 11.6. The first kappa shape index (κ1) is 58.1. The van der Waals surface area contributed by atoms with E-state index < -0.39 is 0 Å². The Kier molecular flexibility index (Phi) is 14.2. The van der Waals surface area contributed by atoms with E-state index in [9.17, 15) is 0 Å². The molecule has 0 unspecified atom stereocenters. The van der Waals surface area contributed by atoms with Gasteiger partial charge in [0.1, 0.15) is 0 Å². The third-order valence-corrected chi connectivity index (χ3v) is 20.3. The molecule has 0 N–H and O–H groups in total. The van der Waals surface area contributed by atoms with Crippen molar-refractivity contribution < 1.29 is 0 Å². The zero-order chi connectivity index (χ0) is 66.0. The molecule has 19 aromatic rings. The predicted molar refractivity (Wildman–Crippen MR) is 426 cm³/mol. The fraction of sp³-hybridized carbons (Fsp3) is 0. The molecule has 19 rings (SSSR count). The average Bonchev–Trinajstić information content (AvgIpc) is 1.32. The molecule has 0 spiro atoms. The number of nitrogens with zero attached hydrogens (tertiary/aromatic N) is 4. The van der Waals surface area contributed by atoms with Crippen molar-refractivity contribution in [1.29, 1.82) is 0 Å². The smallest absolute Gasteiger partial charge is 0.0546 e. The van der Waals surface area contributed by atoms with E-state index in [0.717, 1.165) is 101 Å². The number of fused-ring (bicyclic) bond motifs is 12. The van der Waals surface area contributed by atoms with E-state index in [-0.39, 0.29) is 0 Å². The maximum atomic E-state index is 2.44. The molecule has 0 atom stereocenters. The SMILES string of the molecule is c1ccc(N(c2ccc(-c3ccc(-n4c5ccc(-c6ccc(N(c7ccccc7)c7cc8ccccc8c8ccccc78)cc6)cc5c5cc(-c6ccc(N(c7ccccc7)c7cc8ccccc8c8ccccc78)cc6)ccc54)cc3)cc2)c2cc3ccccc3c3ccccc23)cc1. The van der Waals surface area contributed by atoms with Crippen LogP contribution in [0, 0.1) is 0 Å². The number of anilines is 9. The van der Waals surface area contributed by atoms with Crippen LogP contribution >= 0.6 is 0 Å². The summed E-state index contributed by atoms with van der Waals surface area (Å²) in [6.45, 7) is 0. The van der Waals surface area contributed by atoms with Crippen molar-refractivity contribution >= 4 is 138 Å². The Morgan fingerprint density at radius 3 is 0.720 bits per heavy atom. The molecule has 4 heteroatoms. The number of hydrogen-bond donors (Lipinski definition) is 0. The summed E-state index contributed by atoms with van der Waals surface area (Å²) in [5.41, 5.74) is 20.3. The van der Waals surface area contributed by atoms with E-state index in [1.54, 1.807) is 0 Å². The maximum Gasteiger partial charge on any atom is 0.0546 e. The lowest BCUT2D eigenvalue weighted by molar-refractivity contribution is 1.18. The van der Waals surface area contributed by atoms with Gasteiger partial charge in [0, 0.05) is 66.7 Å². The van der Waals surface area contributed by atoms with Gasteiger partial charge in [-0.25, -0.2) is 0 Å². The summed E-state index contributed by atoms with van der Waals surface area (Å²) in [5, 5.41) is 17.1. The van der Waals surface area contributed by atoms with Crippen LogP contribution < -0.4 is 14.7 Å². The van der Waals surface area contributed by atoms with Gasteiger partial charge in [0.15, 0.2) is 0 Å². The van der Waals surface area contributed by atoms with Crippen LogP contribution in [0.15, 0.2) is 388 Å². The molecule has 468 valence electrons. The lowest BCUT2D eigenvalue weighted by Gasteiger charge is -2.27. The number of hydrogen-bond acceptors (Lipinski definition) is 3. The molecule has 0 radical (unpaired) electrons. The zero-order valence-electron chi connectivity index (χ0n) is 54.7. The Balaban J connectivity index is 0.710. The van der Waals surface area contributed by atoms with Crippen molar-refractivity contribution in [2.75, 3.05) is 14.7 Å². The van der Waals surface area contributed by atoms with Crippen LogP contribution in [0.3, 0.4) is 0 Å². The van der Waals surface area contributed by atoms with Gasteiger partial charge in [0.2, 0.25) is 0 Å². The molecular formula is C96H64N4. The molecular weight excluding hydrogens is 1210 g/mol. The van der Waals surface area contributed by atoms with Crippen LogP contribution in [0.1, 0.15) is 0 Å². The summed E-state index contributed by atoms with van der Waals surface area (Å²) in [6, 6.07) is 142. The van der Waals surface area contributed by atoms with Gasteiger partial charge in [0.25, 0.3) is 0 Å². The van der Waals surface area contributed by atoms with Crippen molar-refractivity contribution in [2.45, 2.75) is 0 Å². The molecule has 0 saturated heterocycles. The monoisotopic (exact) mass is 1270 g/mol. The summed E-state index contributed by atoms with van der Waals surface area (Å²) in [5.74, 6) is 0. The molecule has 0 fully saturated rings.